The lowest BCUT2D eigenvalue weighted by Crippen LogP contribution is -2.57. The number of nitrogens with zero attached hydrogens (tertiary/aromatic N) is 2. The fourth-order valence-corrected chi connectivity index (χ4v) is 6.43. The smallest absolute Gasteiger partial charge is 0.246 e. The molecular weight excluding hydrogens is 467 g/mol. The Morgan fingerprint density at radius 3 is 2.49 bits per heavy atom. The number of hydrogen-bond donors (Lipinski definition) is 2. The van der Waals surface area contributed by atoms with Gasteiger partial charge in [-0.2, -0.15) is 0 Å². The number of likely N-dealkylation sites (tertiary alicyclic amines) is 1. The Morgan fingerprint density at radius 1 is 1.09 bits per heavy atom. The molecule has 4 unspecified atom stereocenters. The van der Waals surface area contributed by atoms with Gasteiger partial charge in [0.1, 0.15) is 17.9 Å². The van der Waals surface area contributed by atoms with E-state index in [9.17, 15) is 18.8 Å². The number of rotatable bonds is 8. The van der Waals surface area contributed by atoms with Crippen molar-refractivity contribution in [3.05, 3.63) is 35.6 Å². The number of benzene rings is 1. The van der Waals surface area contributed by atoms with Crippen molar-refractivity contribution in [2.75, 3.05) is 19.3 Å². The van der Waals surface area contributed by atoms with Crippen molar-refractivity contribution in [3.63, 3.8) is 0 Å². The minimum absolute atomic E-state index is 0.0346. The summed E-state index contributed by atoms with van der Waals surface area (Å²) < 4.78 is 13.2. The number of carbonyl (C=O) groups excluding carboxylic acids is 3. The molecule has 1 aromatic carbocycles. The van der Waals surface area contributed by atoms with E-state index in [1.807, 2.05) is 4.90 Å². The number of aliphatic imine (C=N–C) groups is 1. The average Bonchev–Trinajstić information content (AvgIpc) is 3.56. The molecule has 9 heteroatoms. The van der Waals surface area contributed by atoms with Gasteiger partial charge in [-0.15, -0.1) is 11.8 Å². The van der Waals surface area contributed by atoms with Gasteiger partial charge in [-0.05, 0) is 69.8 Å². The van der Waals surface area contributed by atoms with Crippen LogP contribution >= 0.6 is 11.8 Å². The van der Waals surface area contributed by atoms with E-state index < -0.39 is 12.1 Å². The molecule has 2 aliphatic heterocycles. The molecule has 0 bridgehead atoms. The zero-order valence-corrected chi connectivity index (χ0v) is 21.3. The quantitative estimate of drug-likeness (QED) is 0.533. The third-order valence-electron chi connectivity index (χ3n) is 7.44. The lowest BCUT2D eigenvalue weighted by Gasteiger charge is -2.35. The maximum absolute atomic E-state index is 13.9. The summed E-state index contributed by atoms with van der Waals surface area (Å²) in [6, 6.07) is 3.94. The third kappa shape index (κ3) is 5.94. The number of hydrogen-bond acceptors (Lipinski definition) is 6. The molecule has 0 aromatic heterocycles. The van der Waals surface area contributed by atoms with Crippen molar-refractivity contribution in [2.45, 2.75) is 76.0 Å². The van der Waals surface area contributed by atoms with E-state index in [0.29, 0.717) is 17.9 Å². The number of carbonyl (C=O) groups is 3. The van der Waals surface area contributed by atoms with Crippen molar-refractivity contribution >= 4 is 34.4 Å². The first-order valence-corrected chi connectivity index (χ1v) is 13.7. The van der Waals surface area contributed by atoms with E-state index in [4.69, 9.17) is 4.99 Å². The Bertz CT molecular complexity index is 964. The number of amides is 2. The Hall–Kier alpha value is -2.26. The van der Waals surface area contributed by atoms with Gasteiger partial charge in [-0.1, -0.05) is 19.3 Å². The number of ketones is 1. The molecule has 0 spiro atoms. The predicted octanol–water partition coefficient (Wildman–Crippen LogP) is 3.19. The fraction of sp³-hybridized carbons (Fsp3) is 0.615. The largest absolute Gasteiger partial charge is 0.343 e. The SMILES string of the molecule is CNC(C)C(=O)NC(C(=O)N1CCCC1C1=NC(C(=O)c2ccc(F)cc2)CS1)C1CCCCC1. The van der Waals surface area contributed by atoms with Crippen LogP contribution in [0.5, 0.6) is 0 Å². The normalized spacial score (nSPS) is 24.7. The van der Waals surface area contributed by atoms with Crippen LogP contribution in [0, 0.1) is 11.7 Å². The zero-order chi connectivity index (χ0) is 24.9. The number of likely N-dealkylation sites (N-methyl/N-ethyl adjacent to an activating group) is 1. The van der Waals surface area contributed by atoms with E-state index in [1.54, 1.807) is 14.0 Å². The Morgan fingerprint density at radius 2 is 1.80 bits per heavy atom. The molecule has 3 aliphatic rings. The van der Waals surface area contributed by atoms with Crippen molar-refractivity contribution in [1.82, 2.24) is 15.5 Å². The second-order valence-corrected chi connectivity index (χ2v) is 10.8. The van der Waals surface area contributed by atoms with E-state index in [-0.39, 0.29) is 41.4 Å². The molecular formula is C26H35FN4O3S. The topological polar surface area (TPSA) is 90.9 Å². The molecule has 35 heavy (non-hydrogen) atoms. The summed E-state index contributed by atoms with van der Waals surface area (Å²) in [6.45, 7) is 2.42. The maximum atomic E-state index is 13.9. The molecule has 7 nitrogen and oxygen atoms in total. The van der Waals surface area contributed by atoms with E-state index >= 15 is 0 Å². The second kappa shape index (κ2) is 11.6. The molecule has 2 fully saturated rings. The van der Waals surface area contributed by atoms with Crippen molar-refractivity contribution < 1.29 is 18.8 Å². The van der Waals surface area contributed by atoms with Crippen molar-refractivity contribution in [3.8, 4) is 0 Å². The van der Waals surface area contributed by atoms with Gasteiger partial charge in [0.25, 0.3) is 0 Å². The molecule has 1 saturated carbocycles. The van der Waals surface area contributed by atoms with Gasteiger partial charge >= 0.3 is 0 Å². The molecule has 0 radical (unpaired) electrons. The van der Waals surface area contributed by atoms with Crippen LogP contribution in [0.15, 0.2) is 29.3 Å². The highest BCUT2D eigenvalue weighted by molar-refractivity contribution is 8.14. The van der Waals surface area contributed by atoms with Crippen molar-refractivity contribution in [2.24, 2.45) is 10.9 Å². The van der Waals surface area contributed by atoms with Crippen LogP contribution in [0.3, 0.4) is 0 Å². The van der Waals surface area contributed by atoms with Gasteiger partial charge in [0, 0.05) is 17.9 Å². The van der Waals surface area contributed by atoms with Gasteiger partial charge in [-0.25, -0.2) is 4.39 Å². The van der Waals surface area contributed by atoms with Gasteiger partial charge in [0.15, 0.2) is 5.78 Å². The van der Waals surface area contributed by atoms with Gasteiger partial charge in [0.2, 0.25) is 11.8 Å². The second-order valence-electron chi connectivity index (χ2n) is 9.75. The minimum atomic E-state index is -0.539. The van der Waals surface area contributed by atoms with Crippen LogP contribution in [-0.4, -0.2) is 71.1 Å². The Labute approximate surface area is 210 Å². The standard InChI is InChI=1S/C26H35FN4O3S/c1-16(28-2)24(33)30-22(17-7-4-3-5-8-17)26(34)31-14-6-9-21(31)25-29-20(15-35-25)23(32)18-10-12-19(27)13-11-18/h10-13,16-17,20-22,28H,3-9,14-15H2,1-2H3,(H,30,33). The Kier molecular flexibility index (Phi) is 8.59. The first-order chi connectivity index (χ1) is 16.9. The number of Topliss-reactive ketones (excluding diaryl/α,β-unsaturated/α-hetero) is 1. The fourth-order valence-electron chi connectivity index (χ4n) is 5.24. The van der Waals surface area contributed by atoms with Crippen LogP contribution in [0.2, 0.25) is 0 Å². The molecule has 1 aromatic rings. The van der Waals surface area contributed by atoms with Crippen molar-refractivity contribution in [1.29, 1.82) is 0 Å². The number of thioether (sulfide) groups is 1. The molecule has 4 atom stereocenters. The number of halogens is 1. The highest BCUT2D eigenvalue weighted by Gasteiger charge is 2.42. The monoisotopic (exact) mass is 502 g/mol. The lowest BCUT2D eigenvalue weighted by atomic mass is 9.83. The first kappa shape index (κ1) is 25.8. The minimum Gasteiger partial charge on any atom is -0.343 e. The zero-order valence-electron chi connectivity index (χ0n) is 20.5. The van der Waals surface area contributed by atoms with Crippen LogP contribution in [0.1, 0.15) is 62.2 Å². The summed E-state index contributed by atoms with van der Waals surface area (Å²) in [5.74, 6) is -0.0481. The first-order valence-electron chi connectivity index (χ1n) is 12.7. The maximum Gasteiger partial charge on any atom is 0.246 e. The van der Waals surface area contributed by atoms with Crippen LogP contribution in [0.25, 0.3) is 0 Å². The third-order valence-corrected chi connectivity index (χ3v) is 8.59. The van der Waals surface area contributed by atoms with Crippen LogP contribution < -0.4 is 10.6 Å². The average molecular weight is 503 g/mol. The molecule has 4 rings (SSSR count). The lowest BCUT2D eigenvalue weighted by molar-refractivity contribution is -0.138. The number of nitrogens with one attached hydrogen (secondary N) is 2. The molecule has 190 valence electrons. The summed E-state index contributed by atoms with van der Waals surface area (Å²) in [4.78, 5) is 46.1. The summed E-state index contributed by atoms with van der Waals surface area (Å²) in [6.07, 6.45) is 6.86. The summed E-state index contributed by atoms with van der Waals surface area (Å²) in [5.41, 5.74) is 0.445. The summed E-state index contributed by atoms with van der Waals surface area (Å²) in [5, 5.41) is 6.82. The van der Waals surface area contributed by atoms with E-state index in [0.717, 1.165) is 43.6 Å². The molecule has 2 N–H and O–H groups in total. The molecule has 1 aliphatic carbocycles. The molecule has 2 heterocycles. The predicted molar refractivity (Wildman–Crippen MR) is 136 cm³/mol. The highest BCUT2D eigenvalue weighted by Crippen LogP contribution is 2.33. The molecule has 1 saturated heterocycles. The Balaban J connectivity index is 1.50. The van der Waals surface area contributed by atoms with E-state index in [2.05, 4.69) is 10.6 Å². The summed E-state index contributed by atoms with van der Waals surface area (Å²) in [7, 11) is 1.73. The van der Waals surface area contributed by atoms with Gasteiger partial charge in [-0.3, -0.25) is 19.4 Å². The summed E-state index contributed by atoms with van der Waals surface area (Å²) >= 11 is 1.53. The van der Waals surface area contributed by atoms with Crippen LogP contribution in [0.4, 0.5) is 4.39 Å². The molecule has 2 amide bonds. The van der Waals surface area contributed by atoms with Gasteiger partial charge in [0.05, 0.1) is 17.1 Å². The van der Waals surface area contributed by atoms with Gasteiger partial charge < -0.3 is 15.5 Å². The van der Waals surface area contributed by atoms with Crippen LogP contribution in [-0.2, 0) is 9.59 Å². The van der Waals surface area contributed by atoms with E-state index in [1.165, 1.54) is 42.4 Å². The highest BCUT2D eigenvalue weighted by atomic mass is 32.2.